The number of hydrogen-bond donors (Lipinski definition) is 4. The van der Waals surface area contributed by atoms with Gasteiger partial charge in [0.15, 0.2) is 6.23 Å². The van der Waals surface area contributed by atoms with Gasteiger partial charge in [0.1, 0.15) is 42.5 Å². The smallest absolute Gasteiger partial charge is 0.459 e. The highest BCUT2D eigenvalue weighted by molar-refractivity contribution is 7.52. The molecule has 0 aliphatic carbocycles. The summed E-state index contributed by atoms with van der Waals surface area (Å²) in [5.74, 6) is -1.05. The third-order valence-corrected chi connectivity index (χ3v) is 6.50. The Morgan fingerprint density at radius 1 is 1.35 bits per heavy atom. The molecule has 14 heteroatoms. The van der Waals surface area contributed by atoms with Crippen molar-refractivity contribution in [3.05, 3.63) is 42.4 Å². The van der Waals surface area contributed by atoms with Crippen LogP contribution in [0.4, 0.5) is 0 Å². The van der Waals surface area contributed by atoms with Crippen molar-refractivity contribution < 1.29 is 43.2 Å². The van der Waals surface area contributed by atoms with Crippen molar-refractivity contribution >= 4 is 13.7 Å². The standard InChI is InChI=1S/C20H25N4O9P/c1-3-30-20(28)12(2)23-34(29,33-13-7-5-4-6-8-13)31-10-15-16(25)17(26)19(32-15)24-11-22-14(9-21)18(24)27/h4-8,11-12,15-17,19,25-27H,3,10H2,1-2H3,(H,23,29)/t12-,15+,16?,17+,19+,34?/m0/s1. The minimum absolute atomic E-state index is 0.117. The van der Waals surface area contributed by atoms with Gasteiger partial charge in [0.25, 0.3) is 0 Å². The minimum atomic E-state index is -4.21. The first kappa shape index (κ1) is 25.6. The lowest BCUT2D eigenvalue weighted by Crippen LogP contribution is -2.37. The Bertz CT molecular complexity index is 1070. The number of aliphatic hydroxyl groups excluding tert-OH is 2. The first-order valence-electron chi connectivity index (χ1n) is 10.3. The van der Waals surface area contributed by atoms with E-state index < -0.39 is 56.8 Å². The molecule has 184 valence electrons. The summed E-state index contributed by atoms with van der Waals surface area (Å²) in [5.41, 5.74) is -0.289. The van der Waals surface area contributed by atoms with Crippen molar-refractivity contribution in [1.29, 1.82) is 5.26 Å². The molecule has 34 heavy (non-hydrogen) atoms. The third-order valence-electron chi connectivity index (χ3n) is 4.85. The second-order valence-electron chi connectivity index (χ2n) is 7.28. The molecule has 0 spiro atoms. The highest BCUT2D eigenvalue weighted by Gasteiger charge is 2.46. The average Bonchev–Trinajstić information content (AvgIpc) is 3.32. The maximum absolute atomic E-state index is 13.4. The normalized spacial score (nSPS) is 24.7. The molecule has 1 fully saturated rings. The molecule has 1 aliphatic heterocycles. The summed E-state index contributed by atoms with van der Waals surface area (Å²) in [4.78, 5) is 15.7. The van der Waals surface area contributed by atoms with Crippen LogP contribution in [0.2, 0.25) is 0 Å². The molecule has 0 radical (unpaired) electrons. The molecule has 1 aromatic carbocycles. The van der Waals surface area contributed by atoms with Crippen LogP contribution >= 0.6 is 7.75 Å². The first-order valence-corrected chi connectivity index (χ1v) is 11.8. The number of nitrogens with one attached hydrogen (secondary N) is 1. The van der Waals surface area contributed by atoms with Crippen molar-refractivity contribution in [3.8, 4) is 17.7 Å². The van der Waals surface area contributed by atoms with Crippen LogP contribution in [0.5, 0.6) is 11.6 Å². The van der Waals surface area contributed by atoms with E-state index in [-0.39, 0.29) is 18.1 Å². The lowest BCUT2D eigenvalue weighted by molar-refractivity contribution is -0.144. The summed E-state index contributed by atoms with van der Waals surface area (Å²) in [6.45, 7) is 2.63. The molecule has 0 bridgehead atoms. The highest BCUT2D eigenvalue weighted by atomic mass is 31.2. The summed E-state index contributed by atoms with van der Waals surface area (Å²) in [5, 5.41) is 42.3. The zero-order chi connectivity index (χ0) is 24.9. The fraction of sp³-hybridized carbons (Fsp3) is 0.450. The van der Waals surface area contributed by atoms with E-state index in [1.807, 2.05) is 0 Å². The van der Waals surface area contributed by atoms with Crippen molar-refractivity contribution in [3.63, 3.8) is 0 Å². The van der Waals surface area contributed by atoms with Crippen molar-refractivity contribution in [2.24, 2.45) is 0 Å². The quantitative estimate of drug-likeness (QED) is 0.268. The molecule has 0 saturated carbocycles. The third kappa shape index (κ3) is 5.74. The Morgan fingerprint density at radius 2 is 2.06 bits per heavy atom. The molecular weight excluding hydrogens is 471 g/mol. The largest absolute Gasteiger partial charge is 0.492 e. The summed E-state index contributed by atoms with van der Waals surface area (Å²) >= 11 is 0. The summed E-state index contributed by atoms with van der Waals surface area (Å²) in [6.07, 6.45) is -4.46. The van der Waals surface area contributed by atoms with Crippen LogP contribution in [-0.2, 0) is 23.4 Å². The van der Waals surface area contributed by atoms with Gasteiger partial charge in [-0.2, -0.15) is 10.3 Å². The lowest BCUT2D eigenvalue weighted by Gasteiger charge is -2.24. The Kier molecular flexibility index (Phi) is 8.27. The molecule has 1 aliphatic rings. The van der Waals surface area contributed by atoms with Gasteiger partial charge in [-0.1, -0.05) is 18.2 Å². The van der Waals surface area contributed by atoms with E-state index in [1.165, 1.54) is 19.1 Å². The Hall–Kier alpha value is -2.98. The molecule has 2 heterocycles. The number of para-hydroxylation sites is 1. The number of ether oxygens (including phenoxy) is 2. The van der Waals surface area contributed by atoms with Gasteiger partial charge in [0, 0.05) is 0 Å². The highest BCUT2D eigenvalue weighted by Crippen LogP contribution is 2.46. The molecule has 1 aromatic heterocycles. The minimum Gasteiger partial charge on any atom is -0.492 e. The van der Waals surface area contributed by atoms with Crippen LogP contribution in [0.3, 0.4) is 0 Å². The number of hydrogen-bond acceptors (Lipinski definition) is 11. The van der Waals surface area contributed by atoms with Gasteiger partial charge < -0.3 is 29.3 Å². The number of carbonyl (C=O) groups is 1. The molecular formula is C20H25N4O9P. The fourth-order valence-corrected chi connectivity index (χ4v) is 4.66. The molecule has 0 amide bonds. The van der Waals surface area contributed by atoms with Crippen molar-refractivity contribution in [1.82, 2.24) is 14.6 Å². The number of aromatic hydroxyl groups is 1. The van der Waals surface area contributed by atoms with Gasteiger partial charge >= 0.3 is 13.7 Å². The van der Waals surface area contributed by atoms with Crippen LogP contribution in [0.15, 0.2) is 36.7 Å². The topological polar surface area (TPSA) is 185 Å². The number of benzene rings is 1. The van der Waals surface area contributed by atoms with Crippen LogP contribution in [-0.4, -0.2) is 68.4 Å². The number of esters is 1. The predicted octanol–water partition coefficient (Wildman–Crippen LogP) is 0.824. The zero-order valence-electron chi connectivity index (χ0n) is 18.3. The molecule has 2 aromatic rings. The van der Waals surface area contributed by atoms with Gasteiger partial charge in [0.2, 0.25) is 11.6 Å². The van der Waals surface area contributed by atoms with E-state index in [2.05, 4.69) is 10.1 Å². The summed E-state index contributed by atoms with van der Waals surface area (Å²) in [6, 6.07) is 8.69. The number of nitriles is 1. The van der Waals surface area contributed by atoms with Gasteiger partial charge in [0.05, 0.1) is 13.2 Å². The van der Waals surface area contributed by atoms with Gasteiger partial charge in [-0.25, -0.2) is 9.55 Å². The first-order chi connectivity index (χ1) is 16.2. The molecule has 1 saturated heterocycles. The molecule has 4 N–H and O–H groups in total. The van der Waals surface area contributed by atoms with E-state index >= 15 is 0 Å². The number of nitrogens with zero attached hydrogens (tertiary/aromatic N) is 3. The summed E-state index contributed by atoms with van der Waals surface area (Å²) in [7, 11) is -4.21. The van der Waals surface area contributed by atoms with Crippen LogP contribution in [0, 0.1) is 11.3 Å². The second kappa shape index (κ2) is 11.0. The fourth-order valence-electron chi connectivity index (χ4n) is 3.16. The summed E-state index contributed by atoms with van der Waals surface area (Å²) < 4.78 is 35.9. The van der Waals surface area contributed by atoms with E-state index in [9.17, 15) is 24.7 Å². The van der Waals surface area contributed by atoms with Crippen LogP contribution in [0.25, 0.3) is 0 Å². The molecule has 2 unspecified atom stereocenters. The van der Waals surface area contributed by atoms with Gasteiger partial charge in [-0.15, -0.1) is 0 Å². The van der Waals surface area contributed by atoms with E-state index in [1.54, 1.807) is 31.2 Å². The molecule has 6 atom stereocenters. The van der Waals surface area contributed by atoms with E-state index in [0.29, 0.717) is 0 Å². The van der Waals surface area contributed by atoms with E-state index in [0.717, 1.165) is 10.9 Å². The number of aromatic nitrogens is 2. The zero-order valence-corrected chi connectivity index (χ0v) is 19.2. The number of imidazole rings is 1. The number of carbonyl (C=O) groups excluding carboxylic acids is 1. The Balaban J connectivity index is 1.74. The maximum Gasteiger partial charge on any atom is 0.459 e. The van der Waals surface area contributed by atoms with Crippen LogP contribution in [0.1, 0.15) is 25.8 Å². The number of rotatable bonds is 10. The average molecular weight is 496 g/mol. The van der Waals surface area contributed by atoms with E-state index in [4.69, 9.17) is 23.8 Å². The van der Waals surface area contributed by atoms with Gasteiger partial charge in [-0.05, 0) is 26.0 Å². The lowest BCUT2D eigenvalue weighted by atomic mass is 10.1. The molecule has 3 rings (SSSR count). The van der Waals surface area contributed by atoms with Crippen LogP contribution < -0.4 is 9.61 Å². The van der Waals surface area contributed by atoms with Crippen molar-refractivity contribution in [2.45, 2.75) is 44.4 Å². The second-order valence-corrected chi connectivity index (χ2v) is 8.98. The van der Waals surface area contributed by atoms with Gasteiger partial charge in [-0.3, -0.25) is 13.9 Å². The Morgan fingerprint density at radius 3 is 2.68 bits per heavy atom. The number of aliphatic hydroxyl groups is 2. The Labute approximate surface area is 195 Å². The molecule has 13 nitrogen and oxygen atoms in total. The predicted molar refractivity (Wildman–Crippen MR) is 114 cm³/mol. The van der Waals surface area contributed by atoms with Crippen molar-refractivity contribution in [2.75, 3.05) is 13.2 Å². The SMILES string of the molecule is CCOC(=O)[C@H](C)NP(=O)(OC[C@H]1O[C@@H](n2cnc(C#N)c2O)[C@H](O)C1O)Oc1ccccc1. The maximum atomic E-state index is 13.4. The monoisotopic (exact) mass is 496 g/mol.